The van der Waals surface area contributed by atoms with Gasteiger partial charge in [0.1, 0.15) is 6.79 Å². The van der Waals surface area contributed by atoms with Gasteiger partial charge in [-0.3, -0.25) is 0 Å². The molecule has 0 aromatic carbocycles. The molecule has 0 aliphatic rings. The summed E-state index contributed by atoms with van der Waals surface area (Å²) in [7, 11) is 1.50. The van der Waals surface area contributed by atoms with Crippen LogP contribution >= 0.6 is 0 Å². The van der Waals surface area contributed by atoms with E-state index >= 15 is 0 Å². The zero-order chi connectivity index (χ0) is 19.6. The average Bonchev–Trinajstić information content (AvgIpc) is 2.57. The van der Waals surface area contributed by atoms with Crippen molar-refractivity contribution in [2.75, 3.05) is 13.6 Å². The molecule has 1 atom stereocenters. The van der Waals surface area contributed by atoms with Gasteiger partial charge in [0.05, 0.1) is 0 Å². The number of carbonyl (C=O) groups is 1. The molecule has 0 aliphatic carbocycles. The largest absolute Gasteiger partial charge is 0.333 e. The fourth-order valence-electron chi connectivity index (χ4n) is 2.62. The Morgan fingerprint density at radius 1 is 0.833 bits per heavy atom. The molecule has 0 bridgehead atoms. The van der Waals surface area contributed by atoms with Crippen molar-refractivity contribution in [3.63, 3.8) is 0 Å². The Kier molecular flexibility index (Phi) is 20.5. The molecule has 4 heteroatoms. The molecule has 1 unspecified atom stereocenters. The van der Waals surface area contributed by atoms with E-state index in [1.807, 2.05) is 6.79 Å². The standard InChI is InChI=1S/C18H40N2.CH5N.CH2O/c1-6-17(2,3)12-9-13-18(4,5)14-11-16(20)10-7-8-15-19;2*1-2/h16H,6-15,19-20H2,1-5H3;2H2,1H3;1H2. The Bertz CT molecular complexity index is 255. The second kappa shape index (κ2) is 17.4. The van der Waals surface area contributed by atoms with Crippen molar-refractivity contribution >= 4 is 6.79 Å². The molecule has 0 rings (SSSR count). The number of nitrogens with two attached hydrogens (primary N) is 3. The second-order valence-corrected chi connectivity index (χ2v) is 8.12. The van der Waals surface area contributed by atoms with E-state index in [2.05, 4.69) is 40.4 Å². The summed E-state index contributed by atoms with van der Waals surface area (Å²) in [5.41, 5.74) is 17.2. The predicted molar refractivity (Wildman–Crippen MR) is 109 cm³/mol. The highest BCUT2D eigenvalue weighted by atomic mass is 16.1. The van der Waals surface area contributed by atoms with Crippen LogP contribution in [0.2, 0.25) is 0 Å². The lowest BCUT2D eigenvalue weighted by atomic mass is 9.77. The summed E-state index contributed by atoms with van der Waals surface area (Å²) < 4.78 is 0. The first-order chi connectivity index (χ1) is 11.2. The first kappa shape index (κ1) is 28.4. The predicted octanol–water partition coefficient (Wildman–Crippen LogP) is 4.25. The van der Waals surface area contributed by atoms with Crippen molar-refractivity contribution in [2.24, 2.45) is 28.0 Å². The highest BCUT2D eigenvalue weighted by Gasteiger charge is 2.21. The van der Waals surface area contributed by atoms with Crippen molar-refractivity contribution in [3.05, 3.63) is 0 Å². The monoisotopic (exact) mass is 345 g/mol. The Hall–Kier alpha value is -0.450. The van der Waals surface area contributed by atoms with Gasteiger partial charge in [-0.25, -0.2) is 0 Å². The third kappa shape index (κ3) is 19.6. The number of hydrogen-bond acceptors (Lipinski definition) is 4. The summed E-state index contributed by atoms with van der Waals surface area (Å²) in [5, 5.41) is 0. The summed E-state index contributed by atoms with van der Waals surface area (Å²) in [6.45, 7) is 14.7. The molecule has 0 saturated heterocycles. The Balaban J connectivity index is -0.00000102. The highest BCUT2D eigenvalue weighted by Crippen LogP contribution is 2.34. The first-order valence-electron chi connectivity index (χ1n) is 9.55. The van der Waals surface area contributed by atoms with Gasteiger partial charge in [0.15, 0.2) is 0 Å². The Morgan fingerprint density at radius 2 is 1.33 bits per heavy atom. The third-order valence-electron chi connectivity index (χ3n) is 4.89. The quantitative estimate of drug-likeness (QED) is 0.461. The Labute approximate surface area is 152 Å². The van der Waals surface area contributed by atoms with E-state index in [-0.39, 0.29) is 0 Å². The molecular formula is C20H47N3O. The van der Waals surface area contributed by atoms with Crippen molar-refractivity contribution < 1.29 is 4.79 Å². The minimum Gasteiger partial charge on any atom is -0.333 e. The maximum Gasteiger partial charge on any atom is 0.106 e. The molecule has 4 nitrogen and oxygen atoms in total. The van der Waals surface area contributed by atoms with Gasteiger partial charge in [0.2, 0.25) is 0 Å². The lowest BCUT2D eigenvalue weighted by Crippen LogP contribution is -2.24. The van der Waals surface area contributed by atoms with Gasteiger partial charge in [-0.2, -0.15) is 0 Å². The van der Waals surface area contributed by atoms with Crippen molar-refractivity contribution in [1.82, 2.24) is 0 Å². The van der Waals surface area contributed by atoms with Crippen LogP contribution in [-0.2, 0) is 4.79 Å². The van der Waals surface area contributed by atoms with Gasteiger partial charge in [-0.05, 0) is 62.9 Å². The lowest BCUT2D eigenvalue weighted by Gasteiger charge is -2.29. The molecule has 0 spiro atoms. The van der Waals surface area contributed by atoms with E-state index in [0.717, 1.165) is 25.8 Å². The normalized spacial score (nSPS) is 12.5. The van der Waals surface area contributed by atoms with E-state index in [1.54, 1.807) is 0 Å². The smallest absolute Gasteiger partial charge is 0.106 e. The molecule has 148 valence electrons. The SMILES string of the molecule is C=O.CCC(C)(C)CCCC(C)(C)CCC(N)CCCCN.CN. The fraction of sp³-hybridized carbons (Fsp3) is 0.950. The lowest BCUT2D eigenvalue weighted by molar-refractivity contribution is -0.0979. The van der Waals surface area contributed by atoms with Crippen molar-refractivity contribution in [2.45, 2.75) is 98.4 Å². The molecule has 6 N–H and O–H groups in total. The van der Waals surface area contributed by atoms with E-state index in [0.29, 0.717) is 16.9 Å². The maximum absolute atomic E-state index is 8.00. The van der Waals surface area contributed by atoms with Crippen LogP contribution in [0.15, 0.2) is 0 Å². The molecule has 0 amide bonds. The van der Waals surface area contributed by atoms with Crippen molar-refractivity contribution in [1.29, 1.82) is 0 Å². The maximum atomic E-state index is 8.00. The van der Waals surface area contributed by atoms with Crippen LogP contribution in [0.5, 0.6) is 0 Å². The van der Waals surface area contributed by atoms with Gasteiger partial charge in [-0.1, -0.05) is 53.9 Å². The van der Waals surface area contributed by atoms with E-state index < -0.39 is 0 Å². The van der Waals surface area contributed by atoms with Crippen LogP contribution < -0.4 is 17.2 Å². The minimum atomic E-state index is 0.368. The molecule has 0 saturated carbocycles. The number of carbonyl (C=O) groups excluding carboxylic acids is 1. The van der Waals surface area contributed by atoms with Gasteiger partial charge in [0.25, 0.3) is 0 Å². The van der Waals surface area contributed by atoms with E-state index in [9.17, 15) is 0 Å². The Morgan fingerprint density at radius 3 is 1.79 bits per heavy atom. The molecule has 0 aliphatic heterocycles. The molecule has 0 fully saturated rings. The highest BCUT2D eigenvalue weighted by molar-refractivity contribution is 5.11. The summed E-state index contributed by atoms with van der Waals surface area (Å²) in [6.07, 6.45) is 11.1. The molecule has 0 aromatic rings. The first-order valence-corrected chi connectivity index (χ1v) is 9.55. The molecule has 0 aromatic heterocycles. The molecule has 24 heavy (non-hydrogen) atoms. The molecular weight excluding hydrogens is 298 g/mol. The van der Waals surface area contributed by atoms with E-state index in [4.69, 9.17) is 16.3 Å². The van der Waals surface area contributed by atoms with Gasteiger partial charge in [-0.15, -0.1) is 0 Å². The number of hydrogen-bond donors (Lipinski definition) is 3. The zero-order valence-corrected chi connectivity index (χ0v) is 17.5. The van der Waals surface area contributed by atoms with Crippen LogP contribution in [0.4, 0.5) is 0 Å². The summed E-state index contributed by atoms with van der Waals surface area (Å²) in [6, 6.07) is 0.368. The van der Waals surface area contributed by atoms with E-state index in [1.165, 1.54) is 45.6 Å². The van der Waals surface area contributed by atoms with Crippen LogP contribution in [0.25, 0.3) is 0 Å². The van der Waals surface area contributed by atoms with Crippen LogP contribution in [0.1, 0.15) is 92.4 Å². The topological polar surface area (TPSA) is 95.1 Å². The fourth-order valence-corrected chi connectivity index (χ4v) is 2.62. The molecule has 0 heterocycles. The second-order valence-electron chi connectivity index (χ2n) is 8.12. The van der Waals surface area contributed by atoms with Crippen molar-refractivity contribution in [3.8, 4) is 0 Å². The summed E-state index contributed by atoms with van der Waals surface area (Å²) in [5.74, 6) is 0. The average molecular weight is 346 g/mol. The van der Waals surface area contributed by atoms with Gasteiger partial charge in [0, 0.05) is 6.04 Å². The van der Waals surface area contributed by atoms with Crippen LogP contribution in [-0.4, -0.2) is 26.4 Å². The summed E-state index contributed by atoms with van der Waals surface area (Å²) in [4.78, 5) is 8.00. The van der Waals surface area contributed by atoms with Gasteiger partial charge >= 0.3 is 0 Å². The number of unbranched alkanes of at least 4 members (excludes halogenated alkanes) is 1. The van der Waals surface area contributed by atoms with Gasteiger partial charge < -0.3 is 22.0 Å². The number of rotatable bonds is 12. The zero-order valence-electron chi connectivity index (χ0n) is 17.5. The summed E-state index contributed by atoms with van der Waals surface area (Å²) >= 11 is 0. The molecule has 0 radical (unpaired) electrons. The van der Waals surface area contributed by atoms with Crippen LogP contribution in [0, 0.1) is 10.8 Å². The third-order valence-corrected chi connectivity index (χ3v) is 4.89. The minimum absolute atomic E-state index is 0.368. The van der Waals surface area contributed by atoms with Crippen LogP contribution in [0.3, 0.4) is 0 Å².